The minimum absolute atomic E-state index is 0.154. The maximum atomic E-state index is 13.2. The Morgan fingerprint density at radius 3 is 2.83 bits per heavy atom. The predicted molar refractivity (Wildman–Crippen MR) is 71.0 cm³/mol. The SMILES string of the molecule is COC1CCCCC1N[C@@H](C)c1cccc(F)c1. The Morgan fingerprint density at radius 2 is 2.11 bits per heavy atom. The molecule has 1 fully saturated rings. The van der Waals surface area contributed by atoms with Crippen molar-refractivity contribution in [2.75, 3.05) is 7.11 Å². The van der Waals surface area contributed by atoms with E-state index in [4.69, 9.17) is 4.74 Å². The van der Waals surface area contributed by atoms with Crippen LogP contribution in [0.4, 0.5) is 4.39 Å². The summed E-state index contributed by atoms with van der Waals surface area (Å²) in [6.07, 6.45) is 5.02. The van der Waals surface area contributed by atoms with E-state index in [2.05, 4.69) is 12.2 Å². The Balaban J connectivity index is 1.99. The summed E-state index contributed by atoms with van der Waals surface area (Å²) in [5.74, 6) is -0.173. The number of halogens is 1. The molecule has 1 N–H and O–H groups in total. The van der Waals surface area contributed by atoms with Crippen LogP contribution >= 0.6 is 0 Å². The summed E-state index contributed by atoms with van der Waals surface area (Å²) >= 11 is 0. The molecule has 100 valence electrons. The molecule has 0 amide bonds. The van der Waals surface area contributed by atoms with Gasteiger partial charge in [0.1, 0.15) is 5.82 Å². The zero-order chi connectivity index (χ0) is 13.0. The molecule has 0 aromatic heterocycles. The average molecular weight is 251 g/mol. The van der Waals surface area contributed by atoms with Gasteiger partial charge in [-0.3, -0.25) is 0 Å². The number of hydrogen-bond acceptors (Lipinski definition) is 2. The van der Waals surface area contributed by atoms with Crippen molar-refractivity contribution < 1.29 is 9.13 Å². The molecule has 0 saturated heterocycles. The number of ether oxygens (including phenoxy) is 1. The molecule has 3 atom stereocenters. The Kier molecular flexibility index (Phi) is 4.72. The van der Waals surface area contributed by atoms with Crippen molar-refractivity contribution in [2.45, 2.75) is 50.8 Å². The molecule has 0 radical (unpaired) electrons. The highest BCUT2D eigenvalue weighted by molar-refractivity contribution is 5.19. The summed E-state index contributed by atoms with van der Waals surface area (Å²) in [6, 6.07) is 7.34. The predicted octanol–water partition coefficient (Wildman–Crippen LogP) is 3.43. The Morgan fingerprint density at radius 1 is 1.33 bits per heavy atom. The molecule has 2 nitrogen and oxygen atoms in total. The van der Waals surface area contributed by atoms with Crippen molar-refractivity contribution in [1.29, 1.82) is 0 Å². The minimum Gasteiger partial charge on any atom is -0.380 e. The van der Waals surface area contributed by atoms with Crippen LogP contribution < -0.4 is 5.32 Å². The van der Waals surface area contributed by atoms with Gasteiger partial charge in [-0.25, -0.2) is 4.39 Å². The van der Waals surface area contributed by atoms with E-state index >= 15 is 0 Å². The molecule has 1 aromatic carbocycles. The number of nitrogens with one attached hydrogen (secondary N) is 1. The van der Waals surface area contributed by atoms with E-state index in [0.717, 1.165) is 18.4 Å². The van der Waals surface area contributed by atoms with Crippen molar-refractivity contribution in [3.8, 4) is 0 Å². The highest BCUT2D eigenvalue weighted by Gasteiger charge is 2.26. The van der Waals surface area contributed by atoms with Crippen LogP contribution in [0.2, 0.25) is 0 Å². The normalized spacial score (nSPS) is 25.9. The first-order chi connectivity index (χ1) is 8.70. The topological polar surface area (TPSA) is 21.3 Å². The minimum atomic E-state index is -0.173. The zero-order valence-corrected chi connectivity index (χ0v) is 11.2. The van der Waals surface area contributed by atoms with Crippen molar-refractivity contribution in [3.05, 3.63) is 35.6 Å². The van der Waals surface area contributed by atoms with E-state index in [9.17, 15) is 4.39 Å². The molecule has 18 heavy (non-hydrogen) atoms. The van der Waals surface area contributed by atoms with E-state index in [-0.39, 0.29) is 18.0 Å². The number of rotatable bonds is 4. The van der Waals surface area contributed by atoms with Crippen molar-refractivity contribution >= 4 is 0 Å². The van der Waals surface area contributed by atoms with Gasteiger partial charge in [-0.2, -0.15) is 0 Å². The monoisotopic (exact) mass is 251 g/mol. The van der Waals surface area contributed by atoms with Gasteiger partial charge in [0.15, 0.2) is 0 Å². The fraction of sp³-hybridized carbons (Fsp3) is 0.600. The van der Waals surface area contributed by atoms with Gasteiger partial charge in [0.2, 0.25) is 0 Å². The van der Waals surface area contributed by atoms with Gasteiger partial charge in [-0.15, -0.1) is 0 Å². The molecule has 0 aliphatic heterocycles. The molecule has 0 spiro atoms. The summed E-state index contributed by atoms with van der Waals surface area (Å²) in [5.41, 5.74) is 0.996. The summed E-state index contributed by atoms with van der Waals surface area (Å²) < 4.78 is 18.7. The third-order valence-corrected chi connectivity index (χ3v) is 3.82. The van der Waals surface area contributed by atoms with E-state index < -0.39 is 0 Å². The van der Waals surface area contributed by atoms with Crippen molar-refractivity contribution in [1.82, 2.24) is 5.32 Å². The van der Waals surface area contributed by atoms with Gasteiger partial charge in [0.25, 0.3) is 0 Å². The molecule has 1 aliphatic carbocycles. The fourth-order valence-corrected chi connectivity index (χ4v) is 2.76. The third-order valence-electron chi connectivity index (χ3n) is 3.82. The van der Waals surface area contributed by atoms with Crippen LogP contribution in [0.5, 0.6) is 0 Å². The lowest BCUT2D eigenvalue weighted by atomic mass is 9.91. The highest BCUT2D eigenvalue weighted by Crippen LogP contribution is 2.24. The lowest BCUT2D eigenvalue weighted by molar-refractivity contribution is 0.0384. The number of methoxy groups -OCH3 is 1. The first-order valence-electron chi connectivity index (χ1n) is 6.75. The van der Waals surface area contributed by atoms with Gasteiger partial charge in [0, 0.05) is 19.2 Å². The molecular formula is C15H22FNO. The maximum absolute atomic E-state index is 13.2. The molecule has 1 aliphatic rings. The zero-order valence-electron chi connectivity index (χ0n) is 11.2. The first-order valence-corrected chi connectivity index (χ1v) is 6.75. The van der Waals surface area contributed by atoms with Gasteiger partial charge >= 0.3 is 0 Å². The van der Waals surface area contributed by atoms with Crippen LogP contribution in [0.15, 0.2) is 24.3 Å². The second-order valence-electron chi connectivity index (χ2n) is 5.11. The maximum Gasteiger partial charge on any atom is 0.123 e. The Bertz CT molecular complexity index is 383. The smallest absolute Gasteiger partial charge is 0.123 e. The van der Waals surface area contributed by atoms with Gasteiger partial charge in [-0.1, -0.05) is 25.0 Å². The molecule has 0 heterocycles. The second kappa shape index (κ2) is 6.30. The van der Waals surface area contributed by atoms with Crippen LogP contribution in [-0.2, 0) is 4.74 Å². The molecule has 0 bridgehead atoms. The standard InChI is InChI=1S/C15H22FNO/c1-11(12-6-5-7-13(16)10-12)17-14-8-3-4-9-15(14)18-2/h5-7,10-11,14-15,17H,3-4,8-9H2,1-2H3/t11-,14?,15?/m0/s1. The van der Waals surface area contributed by atoms with Gasteiger partial charge in [0.05, 0.1) is 6.10 Å². The van der Waals surface area contributed by atoms with Gasteiger partial charge in [-0.05, 0) is 37.5 Å². The molecular weight excluding hydrogens is 229 g/mol. The average Bonchev–Trinajstić information content (AvgIpc) is 2.39. The van der Waals surface area contributed by atoms with Crippen LogP contribution in [0.3, 0.4) is 0 Å². The van der Waals surface area contributed by atoms with Crippen molar-refractivity contribution in [3.63, 3.8) is 0 Å². The van der Waals surface area contributed by atoms with E-state index in [1.54, 1.807) is 19.2 Å². The van der Waals surface area contributed by atoms with Crippen LogP contribution in [-0.4, -0.2) is 19.3 Å². The Hall–Kier alpha value is -0.930. The number of benzene rings is 1. The lowest BCUT2D eigenvalue weighted by Gasteiger charge is -2.33. The summed E-state index contributed by atoms with van der Waals surface area (Å²) in [4.78, 5) is 0. The second-order valence-corrected chi connectivity index (χ2v) is 5.11. The third kappa shape index (κ3) is 3.30. The van der Waals surface area contributed by atoms with Crippen molar-refractivity contribution in [2.24, 2.45) is 0 Å². The first kappa shape index (κ1) is 13.5. The van der Waals surface area contributed by atoms with Crippen LogP contribution in [0.25, 0.3) is 0 Å². The van der Waals surface area contributed by atoms with Crippen LogP contribution in [0, 0.1) is 5.82 Å². The molecule has 1 aromatic rings. The fourth-order valence-electron chi connectivity index (χ4n) is 2.76. The van der Waals surface area contributed by atoms with E-state index in [1.807, 2.05) is 6.07 Å². The van der Waals surface area contributed by atoms with E-state index in [0.29, 0.717) is 6.04 Å². The van der Waals surface area contributed by atoms with Gasteiger partial charge < -0.3 is 10.1 Å². The largest absolute Gasteiger partial charge is 0.380 e. The molecule has 1 saturated carbocycles. The quantitative estimate of drug-likeness (QED) is 0.885. The summed E-state index contributed by atoms with van der Waals surface area (Å²) in [5, 5.41) is 3.57. The number of hydrogen-bond donors (Lipinski definition) is 1. The van der Waals surface area contributed by atoms with E-state index in [1.165, 1.54) is 18.9 Å². The lowest BCUT2D eigenvalue weighted by Crippen LogP contribution is -2.44. The molecule has 2 unspecified atom stereocenters. The highest BCUT2D eigenvalue weighted by atomic mass is 19.1. The summed E-state index contributed by atoms with van der Waals surface area (Å²) in [7, 11) is 1.78. The summed E-state index contributed by atoms with van der Waals surface area (Å²) in [6.45, 7) is 2.08. The van der Waals surface area contributed by atoms with Crippen LogP contribution in [0.1, 0.15) is 44.2 Å². The molecule has 2 rings (SSSR count). The molecule has 3 heteroatoms. The Labute approximate surface area is 109 Å².